The quantitative estimate of drug-likeness (QED) is 0.785. The van der Waals surface area contributed by atoms with Crippen LogP contribution in [0.15, 0.2) is 60.7 Å². The molecule has 1 fully saturated rings. The Bertz CT molecular complexity index is 739. The number of carbonyl (C=O) groups excluding carboxylic acids is 2. The van der Waals surface area contributed by atoms with Crippen molar-refractivity contribution in [1.29, 1.82) is 0 Å². The molecule has 2 atom stereocenters. The van der Waals surface area contributed by atoms with Crippen LogP contribution in [0.3, 0.4) is 0 Å². The molecule has 0 saturated heterocycles. The monoisotopic (exact) mass is 364 g/mol. The zero-order valence-electron chi connectivity index (χ0n) is 15.9. The number of rotatable bonds is 7. The molecule has 0 aliphatic heterocycles. The maximum absolute atomic E-state index is 13.0. The minimum Gasteiger partial charge on any atom is -0.348 e. The van der Waals surface area contributed by atoms with Gasteiger partial charge in [0.1, 0.15) is 6.04 Å². The average molecular weight is 364 g/mol. The Hall–Kier alpha value is -2.62. The third kappa shape index (κ3) is 5.43. The van der Waals surface area contributed by atoms with E-state index in [9.17, 15) is 9.59 Å². The Morgan fingerprint density at radius 3 is 2.15 bits per heavy atom. The van der Waals surface area contributed by atoms with Gasteiger partial charge < -0.3 is 10.6 Å². The van der Waals surface area contributed by atoms with Gasteiger partial charge in [0, 0.05) is 12.3 Å². The van der Waals surface area contributed by atoms with E-state index in [0.29, 0.717) is 6.42 Å². The van der Waals surface area contributed by atoms with Crippen LogP contribution in [-0.2, 0) is 16.0 Å². The van der Waals surface area contributed by atoms with E-state index >= 15 is 0 Å². The molecule has 2 N–H and O–H groups in total. The molecular weight excluding hydrogens is 336 g/mol. The highest BCUT2D eigenvalue weighted by molar-refractivity contribution is 5.89. The molecule has 2 aromatic carbocycles. The summed E-state index contributed by atoms with van der Waals surface area (Å²) in [5.41, 5.74) is 2.09. The van der Waals surface area contributed by atoms with Crippen LogP contribution in [0, 0.1) is 5.92 Å². The van der Waals surface area contributed by atoms with E-state index in [4.69, 9.17) is 0 Å². The van der Waals surface area contributed by atoms with E-state index in [1.807, 2.05) is 67.6 Å². The van der Waals surface area contributed by atoms with Crippen molar-refractivity contribution in [2.24, 2.45) is 5.92 Å². The van der Waals surface area contributed by atoms with Crippen molar-refractivity contribution < 1.29 is 9.59 Å². The molecule has 1 aliphatic carbocycles. The Morgan fingerprint density at radius 2 is 1.52 bits per heavy atom. The summed E-state index contributed by atoms with van der Waals surface area (Å²) < 4.78 is 0. The van der Waals surface area contributed by atoms with Crippen molar-refractivity contribution in [2.75, 3.05) is 0 Å². The second kappa shape index (κ2) is 9.36. The SMILES string of the molecule is CC(NC(=O)C(Cc1ccccc1)NC(=O)C1CCCC1)c1ccccc1. The first-order valence-electron chi connectivity index (χ1n) is 9.83. The molecule has 0 bridgehead atoms. The first-order chi connectivity index (χ1) is 13.1. The van der Waals surface area contributed by atoms with Crippen molar-refractivity contribution in [3.8, 4) is 0 Å². The van der Waals surface area contributed by atoms with Gasteiger partial charge in [-0.2, -0.15) is 0 Å². The lowest BCUT2D eigenvalue weighted by Gasteiger charge is -2.23. The van der Waals surface area contributed by atoms with E-state index < -0.39 is 6.04 Å². The lowest BCUT2D eigenvalue weighted by atomic mass is 10.0. The van der Waals surface area contributed by atoms with Crippen LogP contribution in [0.5, 0.6) is 0 Å². The van der Waals surface area contributed by atoms with Gasteiger partial charge in [0.15, 0.2) is 0 Å². The second-order valence-electron chi connectivity index (χ2n) is 7.37. The smallest absolute Gasteiger partial charge is 0.243 e. The molecule has 2 amide bonds. The third-order valence-corrected chi connectivity index (χ3v) is 5.30. The van der Waals surface area contributed by atoms with Crippen LogP contribution in [0.2, 0.25) is 0 Å². The minimum absolute atomic E-state index is 0.0101. The van der Waals surface area contributed by atoms with Gasteiger partial charge in [-0.25, -0.2) is 0 Å². The maximum atomic E-state index is 13.0. The number of hydrogen-bond acceptors (Lipinski definition) is 2. The van der Waals surface area contributed by atoms with Crippen LogP contribution in [0.4, 0.5) is 0 Å². The van der Waals surface area contributed by atoms with E-state index in [2.05, 4.69) is 10.6 Å². The van der Waals surface area contributed by atoms with Crippen LogP contribution in [0.1, 0.15) is 49.8 Å². The molecule has 1 aliphatic rings. The molecule has 2 aromatic rings. The van der Waals surface area contributed by atoms with Crippen molar-refractivity contribution in [1.82, 2.24) is 10.6 Å². The summed E-state index contributed by atoms with van der Waals surface area (Å²) in [6.07, 6.45) is 4.53. The van der Waals surface area contributed by atoms with Gasteiger partial charge in [-0.3, -0.25) is 9.59 Å². The van der Waals surface area contributed by atoms with E-state index in [0.717, 1.165) is 36.8 Å². The summed E-state index contributed by atoms with van der Waals surface area (Å²) in [6.45, 7) is 1.96. The number of hydrogen-bond donors (Lipinski definition) is 2. The highest BCUT2D eigenvalue weighted by atomic mass is 16.2. The number of nitrogens with one attached hydrogen (secondary N) is 2. The molecule has 0 spiro atoms. The Kier molecular flexibility index (Phi) is 6.64. The van der Waals surface area contributed by atoms with Crippen LogP contribution in [0.25, 0.3) is 0 Å². The molecule has 142 valence electrons. The highest BCUT2D eigenvalue weighted by Gasteiger charge is 2.28. The Morgan fingerprint density at radius 1 is 0.926 bits per heavy atom. The van der Waals surface area contributed by atoms with Gasteiger partial charge in [-0.15, -0.1) is 0 Å². The predicted molar refractivity (Wildman–Crippen MR) is 107 cm³/mol. The predicted octanol–water partition coefficient (Wildman–Crippen LogP) is 3.78. The average Bonchev–Trinajstić information content (AvgIpc) is 3.24. The van der Waals surface area contributed by atoms with E-state index in [1.165, 1.54) is 0 Å². The molecule has 0 aromatic heterocycles. The summed E-state index contributed by atoms with van der Waals surface area (Å²) >= 11 is 0. The van der Waals surface area contributed by atoms with E-state index in [1.54, 1.807) is 0 Å². The fraction of sp³-hybridized carbons (Fsp3) is 0.391. The van der Waals surface area contributed by atoms with Crippen molar-refractivity contribution >= 4 is 11.8 Å². The molecule has 3 rings (SSSR count). The van der Waals surface area contributed by atoms with Gasteiger partial charge in [0.2, 0.25) is 11.8 Å². The fourth-order valence-corrected chi connectivity index (χ4v) is 3.68. The van der Waals surface area contributed by atoms with E-state index in [-0.39, 0.29) is 23.8 Å². The lowest BCUT2D eigenvalue weighted by Crippen LogP contribution is -2.49. The van der Waals surface area contributed by atoms with Crippen molar-refractivity contribution in [2.45, 2.75) is 51.1 Å². The van der Waals surface area contributed by atoms with Gasteiger partial charge in [0.05, 0.1) is 6.04 Å². The summed E-state index contributed by atoms with van der Waals surface area (Å²) in [5.74, 6) is -0.0832. The molecule has 4 heteroatoms. The zero-order valence-corrected chi connectivity index (χ0v) is 15.9. The molecule has 4 nitrogen and oxygen atoms in total. The van der Waals surface area contributed by atoms with Crippen LogP contribution >= 0.6 is 0 Å². The molecule has 0 radical (unpaired) electrons. The molecule has 1 saturated carbocycles. The van der Waals surface area contributed by atoms with Gasteiger partial charge in [-0.05, 0) is 30.9 Å². The molecule has 27 heavy (non-hydrogen) atoms. The van der Waals surface area contributed by atoms with Gasteiger partial charge in [-0.1, -0.05) is 73.5 Å². The normalized spacial score (nSPS) is 16.5. The number of amides is 2. The lowest BCUT2D eigenvalue weighted by molar-refractivity contribution is -0.131. The summed E-state index contributed by atoms with van der Waals surface area (Å²) in [4.78, 5) is 25.6. The van der Waals surface area contributed by atoms with Crippen molar-refractivity contribution in [3.05, 3.63) is 71.8 Å². The zero-order chi connectivity index (χ0) is 19.1. The standard InChI is InChI=1S/C23H28N2O2/c1-17(19-12-6-3-7-13-19)24-23(27)21(16-18-10-4-2-5-11-18)25-22(26)20-14-8-9-15-20/h2-7,10-13,17,20-21H,8-9,14-16H2,1H3,(H,24,27)(H,25,26). The Balaban J connectivity index is 1.69. The summed E-state index contributed by atoms with van der Waals surface area (Å²) in [6, 6.07) is 19.0. The molecule has 2 unspecified atom stereocenters. The van der Waals surface area contributed by atoms with Crippen LogP contribution < -0.4 is 10.6 Å². The molecule has 0 heterocycles. The minimum atomic E-state index is -0.563. The fourth-order valence-electron chi connectivity index (χ4n) is 3.68. The molecular formula is C23H28N2O2. The number of benzene rings is 2. The summed E-state index contributed by atoms with van der Waals surface area (Å²) in [5, 5.41) is 6.07. The second-order valence-corrected chi connectivity index (χ2v) is 7.37. The Labute approximate surface area is 161 Å². The van der Waals surface area contributed by atoms with Crippen LogP contribution in [-0.4, -0.2) is 17.9 Å². The topological polar surface area (TPSA) is 58.2 Å². The van der Waals surface area contributed by atoms with Gasteiger partial charge >= 0.3 is 0 Å². The first kappa shape index (κ1) is 19.2. The first-order valence-corrected chi connectivity index (χ1v) is 9.83. The van der Waals surface area contributed by atoms with Crippen molar-refractivity contribution in [3.63, 3.8) is 0 Å². The van der Waals surface area contributed by atoms with Gasteiger partial charge in [0.25, 0.3) is 0 Å². The highest BCUT2D eigenvalue weighted by Crippen LogP contribution is 2.25. The summed E-state index contributed by atoms with van der Waals surface area (Å²) in [7, 11) is 0. The third-order valence-electron chi connectivity index (χ3n) is 5.30. The largest absolute Gasteiger partial charge is 0.348 e. The maximum Gasteiger partial charge on any atom is 0.243 e. The number of carbonyl (C=O) groups is 2.